The van der Waals surface area contributed by atoms with Crippen molar-refractivity contribution in [2.75, 3.05) is 6.61 Å². The number of H-pyrrole nitrogens is 1. The van der Waals surface area contributed by atoms with Crippen molar-refractivity contribution in [1.82, 2.24) is 9.55 Å². The minimum Gasteiger partial charge on any atom is -0.646 e. The van der Waals surface area contributed by atoms with E-state index in [1.807, 2.05) is 0 Å². The van der Waals surface area contributed by atoms with E-state index < -0.39 is 59.7 Å². The van der Waals surface area contributed by atoms with E-state index in [0.717, 1.165) is 4.57 Å². The minimum atomic E-state index is -5.58. The monoisotopic (exact) mass is 501 g/mol. The molecule has 170 valence electrons. The molecule has 0 amide bonds. The zero-order chi connectivity index (χ0) is 23.6. The first-order valence-corrected chi connectivity index (χ1v) is 12.6. The summed E-state index contributed by atoms with van der Waals surface area (Å²) in [5.74, 6) is 0. The van der Waals surface area contributed by atoms with Crippen molar-refractivity contribution in [3.05, 3.63) is 43.0 Å². The maximum atomic E-state index is 12.0. The van der Waals surface area contributed by atoms with Gasteiger partial charge in [-0.25, -0.2) is 18.4 Å². The van der Waals surface area contributed by atoms with Gasteiger partial charge < -0.3 is 24.3 Å². The summed E-state index contributed by atoms with van der Waals surface area (Å²) in [5.41, 5.74) is 7.47. The highest BCUT2D eigenvalue weighted by Crippen LogP contribution is 2.67. The lowest BCUT2D eigenvalue weighted by atomic mass is 10.1. The van der Waals surface area contributed by atoms with Crippen LogP contribution in [0.3, 0.4) is 0 Å². The smallest absolute Gasteiger partial charge is 0.515 e. The van der Waals surface area contributed by atoms with Gasteiger partial charge in [0.1, 0.15) is 12.8 Å². The molecule has 1 saturated heterocycles. The molecule has 0 aliphatic carbocycles. The average molecular weight is 501 g/mol. The molecular weight excluding hydrogens is 486 g/mol. The standard InChI is InChI=1S/C10H15BN5O12P3/c1-5-3-16(10(18)13-9(5)17)8-2-6(14-15-12)7(26-8)4-25-29(11,19)27-31(23,24)28-30(20,21)22/h3,6-8H,2,4H2,1H3,(H,23,24)(H,13,17,18)(H2,20,21,22)/t6-,7+,8+,29?/m0/s1. The van der Waals surface area contributed by atoms with Crippen LogP contribution in [0.25, 0.3) is 10.4 Å². The molecule has 0 bridgehead atoms. The average Bonchev–Trinajstić information content (AvgIpc) is 2.96. The van der Waals surface area contributed by atoms with Gasteiger partial charge in [-0.15, -0.1) is 4.31 Å². The second-order valence-corrected chi connectivity index (χ2v) is 10.6. The van der Waals surface area contributed by atoms with Crippen molar-refractivity contribution >= 4 is 31.0 Å². The summed E-state index contributed by atoms with van der Waals surface area (Å²) < 4.78 is 40.8. The molecule has 17 nitrogen and oxygen atoms in total. The number of nitrogens with zero attached hydrogens (tertiary/aromatic N) is 4. The molecule has 31 heavy (non-hydrogen) atoms. The maximum absolute atomic E-state index is 12.0. The van der Waals surface area contributed by atoms with Gasteiger partial charge in [-0.2, -0.15) is 4.31 Å². The van der Waals surface area contributed by atoms with E-state index in [1.165, 1.54) is 13.1 Å². The molecule has 5 atom stereocenters. The van der Waals surface area contributed by atoms with Gasteiger partial charge in [-0.3, -0.25) is 14.3 Å². The lowest BCUT2D eigenvalue weighted by Crippen LogP contribution is -2.33. The normalized spacial score (nSPS) is 25.4. The summed E-state index contributed by atoms with van der Waals surface area (Å²) in [6, 6.07) is -0.985. The van der Waals surface area contributed by atoms with Gasteiger partial charge in [0.2, 0.25) is 0 Å². The Morgan fingerprint density at radius 3 is 2.71 bits per heavy atom. The first-order valence-electron chi connectivity index (χ1n) is 7.98. The number of phosphoric acid groups is 2. The molecule has 0 saturated carbocycles. The molecule has 0 aromatic carbocycles. The van der Waals surface area contributed by atoms with E-state index in [2.05, 4.69) is 23.6 Å². The number of hydrogen-bond acceptors (Lipinski definition) is 10. The zero-order valence-electron chi connectivity index (χ0n) is 15.4. The Kier molecular flexibility index (Phi) is 8.04. The molecule has 1 fully saturated rings. The summed E-state index contributed by atoms with van der Waals surface area (Å²) in [6.07, 6.45) is -1.08. The van der Waals surface area contributed by atoms with Crippen LogP contribution in [0.2, 0.25) is 0 Å². The number of aryl methyl sites for hydroxylation is 1. The van der Waals surface area contributed by atoms with E-state index in [4.69, 9.17) is 32.1 Å². The zero-order valence-corrected chi connectivity index (χ0v) is 18.1. The van der Waals surface area contributed by atoms with E-state index in [9.17, 15) is 28.5 Å². The van der Waals surface area contributed by atoms with Crippen molar-refractivity contribution in [1.29, 1.82) is 0 Å². The number of aromatic nitrogens is 2. The van der Waals surface area contributed by atoms with E-state index >= 15 is 0 Å². The fraction of sp³-hybridized carbons (Fsp3) is 0.600. The van der Waals surface area contributed by atoms with Gasteiger partial charge in [-0.05, 0) is 12.5 Å². The molecule has 1 aliphatic heterocycles. The Labute approximate surface area is 174 Å². The fourth-order valence-corrected chi connectivity index (χ4v) is 5.67. The third-order valence-electron chi connectivity index (χ3n) is 3.71. The Morgan fingerprint density at radius 2 is 2.13 bits per heavy atom. The molecule has 2 unspecified atom stereocenters. The van der Waals surface area contributed by atoms with Crippen LogP contribution in [0.5, 0.6) is 0 Å². The van der Waals surface area contributed by atoms with Gasteiger partial charge >= 0.3 is 28.9 Å². The molecule has 4 N–H and O–H groups in total. The summed E-state index contributed by atoms with van der Waals surface area (Å²) in [6.45, 7) is 0.686. The summed E-state index contributed by atoms with van der Waals surface area (Å²) in [5, 5.41) is 3.46. The van der Waals surface area contributed by atoms with Crippen molar-refractivity contribution in [2.24, 2.45) is 5.11 Å². The number of aromatic amines is 1. The van der Waals surface area contributed by atoms with Crippen LogP contribution in [-0.4, -0.2) is 50.5 Å². The molecule has 2 radical (unpaired) electrons. The molecule has 2 heterocycles. The summed E-state index contributed by atoms with van der Waals surface area (Å²) in [4.78, 5) is 66.5. The first kappa shape index (κ1) is 25.9. The van der Waals surface area contributed by atoms with Gasteiger partial charge in [-0.1, -0.05) is 5.11 Å². The number of nitrogens with one attached hydrogen (secondary N) is 1. The number of rotatable bonds is 9. The molecule has 21 heteroatoms. The Hall–Kier alpha value is -1.38. The van der Waals surface area contributed by atoms with E-state index in [-0.39, 0.29) is 12.0 Å². The highest BCUT2D eigenvalue weighted by molar-refractivity contribution is 7.88. The molecule has 1 aliphatic rings. The number of ether oxygens (including phenoxy) is 1. The Balaban J connectivity index is 2.13. The first-order chi connectivity index (χ1) is 14.1. The highest BCUT2D eigenvalue weighted by Gasteiger charge is 2.44. The third-order valence-corrected chi connectivity index (χ3v) is 7.63. The lowest BCUT2D eigenvalue weighted by molar-refractivity contribution is -0.206. The van der Waals surface area contributed by atoms with Gasteiger partial charge in [0.15, 0.2) is 7.82 Å². The van der Waals surface area contributed by atoms with Crippen molar-refractivity contribution < 1.29 is 46.6 Å². The summed E-state index contributed by atoms with van der Waals surface area (Å²) >= 11 is 0. The second-order valence-electron chi connectivity index (χ2n) is 6.07. The SMILES string of the molecule is [B][P+]([O-])(OC[C@H]1O[C@@H](n2cc(C)c(=O)[nH]c2=O)C[C@@H]1N=[N+]=[N-])OP(=O)(O)OP(=O)(O)O. The highest BCUT2D eigenvalue weighted by atomic mass is 31.3. The van der Waals surface area contributed by atoms with Gasteiger partial charge in [0, 0.05) is 23.1 Å². The quantitative estimate of drug-likeness (QED) is 0.107. The topological polar surface area (TPSA) is 258 Å². The van der Waals surface area contributed by atoms with Crippen molar-refractivity contribution in [3.63, 3.8) is 0 Å². The number of azide groups is 1. The van der Waals surface area contributed by atoms with E-state index in [0.29, 0.717) is 0 Å². The van der Waals surface area contributed by atoms with Crippen LogP contribution < -0.4 is 16.1 Å². The van der Waals surface area contributed by atoms with Gasteiger partial charge in [0.25, 0.3) is 5.56 Å². The molecule has 0 spiro atoms. The molecule has 2 rings (SSSR count). The predicted molar refractivity (Wildman–Crippen MR) is 100 cm³/mol. The Bertz CT molecular complexity index is 1080. The van der Waals surface area contributed by atoms with Crippen LogP contribution in [0, 0.1) is 6.92 Å². The second kappa shape index (κ2) is 9.63. The lowest BCUT2D eigenvalue weighted by Gasteiger charge is -2.27. The van der Waals surface area contributed by atoms with Crippen molar-refractivity contribution in [2.45, 2.75) is 31.7 Å². The molecular formula is C10H15BN5O12P3. The number of hydrogen-bond donors (Lipinski definition) is 4. The largest absolute Gasteiger partial charge is 0.646 e. The van der Waals surface area contributed by atoms with Crippen LogP contribution in [-0.2, 0) is 27.0 Å². The fourth-order valence-electron chi connectivity index (χ4n) is 2.52. The summed E-state index contributed by atoms with van der Waals surface area (Å²) in [7, 11) is -10.9. The van der Waals surface area contributed by atoms with Crippen LogP contribution in [0.1, 0.15) is 18.2 Å². The predicted octanol–water partition coefficient (Wildman–Crippen LogP) is -0.739. The third kappa shape index (κ3) is 7.61. The van der Waals surface area contributed by atoms with Gasteiger partial charge in [0.05, 0.1) is 12.1 Å². The molecule has 1 aromatic heterocycles. The molecule has 1 aromatic rings. The minimum absolute atomic E-state index is 0.0704. The van der Waals surface area contributed by atoms with Crippen LogP contribution in [0.15, 0.2) is 20.9 Å². The van der Waals surface area contributed by atoms with Crippen molar-refractivity contribution in [3.8, 4) is 0 Å². The van der Waals surface area contributed by atoms with Crippen LogP contribution in [0.4, 0.5) is 0 Å². The Morgan fingerprint density at radius 1 is 1.48 bits per heavy atom. The van der Waals surface area contributed by atoms with E-state index in [1.54, 1.807) is 0 Å². The maximum Gasteiger partial charge on any atom is 0.515 e. The van der Waals surface area contributed by atoms with Crippen LogP contribution >= 0.6 is 23.5 Å².